The smallest absolute Gasteiger partial charge is 0.0133 e. The standard InChI is InChI=1S/C21H32/c1-14(2)8-7-9-16(4)19-11-10-17(5)21-18(6)12-15(3)13-20(19)21/h8,12-13,16-17,19H,7,9-11H2,1-6H3/t16-,17+,19-/m0/s1. The normalized spacial score (nSPS) is 22.6. The van der Waals surface area contributed by atoms with Crippen LogP contribution in [-0.4, -0.2) is 0 Å². The van der Waals surface area contributed by atoms with E-state index in [9.17, 15) is 0 Å². The van der Waals surface area contributed by atoms with E-state index in [1.807, 2.05) is 0 Å². The minimum atomic E-state index is 0.738. The predicted octanol–water partition coefficient (Wildman–Crippen LogP) is 6.67. The number of allylic oxidation sites excluding steroid dienone is 2. The van der Waals surface area contributed by atoms with E-state index in [1.54, 1.807) is 11.1 Å². The Morgan fingerprint density at radius 3 is 2.62 bits per heavy atom. The fourth-order valence-electron chi connectivity index (χ4n) is 4.15. The lowest BCUT2D eigenvalue weighted by molar-refractivity contribution is 0.369. The number of rotatable bonds is 4. The van der Waals surface area contributed by atoms with Gasteiger partial charge in [-0.05, 0) is 87.8 Å². The molecule has 21 heavy (non-hydrogen) atoms. The average Bonchev–Trinajstić information content (AvgIpc) is 2.37. The number of aryl methyl sites for hydroxylation is 2. The summed E-state index contributed by atoms with van der Waals surface area (Å²) in [6, 6.07) is 4.84. The van der Waals surface area contributed by atoms with E-state index in [0.717, 1.165) is 17.8 Å². The molecule has 0 radical (unpaired) electrons. The number of benzene rings is 1. The van der Waals surface area contributed by atoms with Gasteiger partial charge in [0.25, 0.3) is 0 Å². The maximum atomic E-state index is 2.47. The van der Waals surface area contributed by atoms with Gasteiger partial charge in [0.1, 0.15) is 0 Å². The van der Waals surface area contributed by atoms with Gasteiger partial charge in [0, 0.05) is 0 Å². The topological polar surface area (TPSA) is 0 Å². The minimum absolute atomic E-state index is 0.738. The number of hydrogen-bond donors (Lipinski definition) is 0. The van der Waals surface area contributed by atoms with Crippen molar-refractivity contribution >= 4 is 0 Å². The van der Waals surface area contributed by atoms with Gasteiger partial charge in [0.2, 0.25) is 0 Å². The Morgan fingerprint density at radius 1 is 1.24 bits per heavy atom. The first-order valence-corrected chi connectivity index (χ1v) is 8.64. The highest BCUT2D eigenvalue weighted by Gasteiger charge is 2.29. The van der Waals surface area contributed by atoms with Crippen LogP contribution in [0.1, 0.15) is 87.5 Å². The molecule has 0 saturated carbocycles. The summed E-state index contributed by atoms with van der Waals surface area (Å²) in [6.45, 7) is 13.8. The van der Waals surface area contributed by atoms with Gasteiger partial charge in [-0.2, -0.15) is 0 Å². The van der Waals surface area contributed by atoms with Crippen LogP contribution in [0, 0.1) is 19.8 Å². The van der Waals surface area contributed by atoms with Crippen molar-refractivity contribution in [1.82, 2.24) is 0 Å². The second kappa shape index (κ2) is 6.81. The van der Waals surface area contributed by atoms with Crippen molar-refractivity contribution in [3.05, 3.63) is 46.0 Å². The Kier molecular flexibility index (Phi) is 5.30. The largest absolute Gasteiger partial charge is 0.0859 e. The molecule has 1 aliphatic rings. The van der Waals surface area contributed by atoms with Gasteiger partial charge in [-0.15, -0.1) is 0 Å². The SMILES string of the molecule is CC(C)=CCC[C@H](C)[C@@H]1CC[C@@H](C)c2c(C)cc(C)cc21. The Morgan fingerprint density at radius 2 is 1.95 bits per heavy atom. The van der Waals surface area contributed by atoms with Crippen LogP contribution in [0.3, 0.4) is 0 Å². The molecule has 2 rings (SSSR count). The van der Waals surface area contributed by atoms with Crippen molar-refractivity contribution in [2.24, 2.45) is 5.92 Å². The molecule has 0 aliphatic heterocycles. The van der Waals surface area contributed by atoms with Crippen LogP contribution in [0.2, 0.25) is 0 Å². The van der Waals surface area contributed by atoms with Gasteiger partial charge in [0.15, 0.2) is 0 Å². The molecule has 0 heteroatoms. The van der Waals surface area contributed by atoms with E-state index in [-0.39, 0.29) is 0 Å². The summed E-state index contributed by atoms with van der Waals surface area (Å²) in [5, 5.41) is 0. The summed E-state index contributed by atoms with van der Waals surface area (Å²) in [4.78, 5) is 0. The van der Waals surface area contributed by atoms with Crippen LogP contribution in [0.15, 0.2) is 23.8 Å². The third kappa shape index (κ3) is 3.78. The Bertz CT molecular complexity index is 517. The molecule has 0 amide bonds. The predicted molar refractivity (Wildman–Crippen MR) is 94.1 cm³/mol. The molecule has 1 aliphatic carbocycles. The van der Waals surface area contributed by atoms with E-state index in [0.29, 0.717) is 0 Å². The molecule has 0 heterocycles. The second-order valence-electron chi connectivity index (χ2n) is 7.51. The maximum absolute atomic E-state index is 2.47. The summed E-state index contributed by atoms with van der Waals surface area (Å²) < 4.78 is 0. The first kappa shape index (κ1) is 16.3. The van der Waals surface area contributed by atoms with E-state index >= 15 is 0 Å². The van der Waals surface area contributed by atoms with Crippen LogP contribution in [0.4, 0.5) is 0 Å². The molecule has 0 fully saturated rings. The Hall–Kier alpha value is -1.04. The summed E-state index contributed by atoms with van der Waals surface area (Å²) in [7, 11) is 0. The molecule has 116 valence electrons. The maximum Gasteiger partial charge on any atom is -0.0133 e. The van der Waals surface area contributed by atoms with Gasteiger partial charge < -0.3 is 0 Å². The van der Waals surface area contributed by atoms with Gasteiger partial charge >= 0.3 is 0 Å². The van der Waals surface area contributed by atoms with Crippen molar-refractivity contribution in [3.63, 3.8) is 0 Å². The highest BCUT2D eigenvalue weighted by atomic mass is 14.3. The summed E-state index contributed by atoms with van der Waals surface area (Å²) in [5.74, 6) is 2.29. The first-order chi connectivity index (χ1) is 9.90. The third-order valence-corrected chi connectivity index (χ3v) is 5.23. The zero-order chi connectivity index (χ0) is 15.6. The lowest BCUT2D eigenvalue weighted by Gasteiger charge is -2.35. The molecular weight excluding hydrogens is 252 g/mol. The van der Waals surface area contributed by atoms with Crippen molar-refractivity contribution in [1.29, 1.82) is 0 Å². The second-order valence-corrected chi connectivity index (χ2v) is 7.51. The highest BCUT2D eigenvalue weighted by molar-refractivity contribution is 5.44. The van der Waals surface area contributed by atoms with Gasteiger partial charge in [-0.3, -0.25) is 0 Å². The van der Waals surface area contributed by atoms with Crippen molar-refractivity contribution in [2.45, 2.75) is 79.1 Å². The van der Waals surface area contributed by atoms with Crippen LogP contribution in [0.25, 0.3) is 0 Å². The summed E-state index contributed by atoms with van der Waals surface area (Å²) >= 11 is 0. The molecule has 3 atom stereocenters. The Labute approximate surface area is 131 Å². The Balaban J connectivity index is 2.24. The fraction of sp³-hybridized carbons (Fsp3) is 0.619. The van der Waals surface area contributed by atoms with Gasteiger partial charge in [-0.1, -0.05) is 43.2 Å². The molecular formula is C21H32. The molecule has 0 saturated heterocycles. The number of fused-ring (bicyclic) bond motifs is 1. The van der Waals surface area contributed by atoms with E-state index in [1.165, 1.54) is 42.4 Å². The summed E-state index contributed by atoms with van der Waals surface area (Å²) in [5.41, 5.74) is 7.72. The lowest BCUT2D eigenvalue weighted by atomic mass is 9.70. The number of hydrogen-bond acceptors (Lipinski definition) is 0. The van der Waals surface area contributed by atoms with Crippen molar-refractivity contribution in [3.8, 4) is 0 Å². The molecule has 0 aromatic heterocycles. The van der Waals surface area contributed by atoms with Crippen LogP contribution < -0.4 is 0 Å². The molecule has 0 spiro atoms. The van der Waals surface area contributed by atoms with Gasteiger partial charge in [0.05, 0.1) is 0 Å². The molecule has 0 unspecified atom stereocenters. The van der Waals surface area contributed by atoms with Crippen molar-refractivity contribution in [2.75, 3.05) is 0 Å². The third-order valence-electron chi connectivity index (χ3n) is 5.23. The zero-order valence-corrected chi connectivity index (χ0v) is 14.8. The molecule has 0 nitrogen and oxygen atoms in total. The fourth-order valence-corrected chi connectivity index (χ4v) is 4.15. The highest BCUT2D eigenvalue weighted by Crippen LogP contribution is 2.45. The molecule has 0 N–H and O–H groups in total. The van der Waals surface area contributed by atoms with Crippen LogP contribution >= 0.6 is 0 Å². The van der Waals surface area contributed by atoms with Crippen molar-refractivity contribution < 1.29 is 0 Å². The molecule has 0 bridgehead atoms. The molecule has 1 aromatic carbocycles. The van der Waals surface area contributed by atoms with E-state index < -0.39 is 0 Å². The summed E-state index contributed by atoms with van der Waals surface area (Å²) in [6.07, 6.45) is 7.66. The average molecular weight is 284 g/mol. The van der Waals surface area contributed by atoms with E-state index in [2.05, 4.69) is 59.8 Å². The molecule has 1 aromatic rings. The first-order valence-electron chi connectivity index (χ1n) is 8.64. The van der Waals surface area contributed by atoms with E-state index in [4.69, 9.17) is 0 Å². The zero-order valence-electron chi connectivity index (χ0n) is 14.8. The monoisotopic (exact) mass is 284 g/mol. The quantitative estimate of drug-likeness (QED) is 0.542. The van der Waals surface area contributed by atoms with Crippen LogP contribution in [-0.2, 0) is 0 Å². The van der Waals surface area contributed by atoms with Crippen LogP contribution in [0.5, 0.6) is 0 Å². The van der Waals surface area contributed by atoms with Gasteiger partial charge in [-0.25, -0.2) is 0 Å². The lowest BCUT2D eigenvalue weighted by Crippen LogP contribution is -2.20. The minimum Gasteiger partial charge on any atom is -0.0859 e.